The number of nitrogens with one attached hydrogen (secondary N) is 2. The van der Waals surface area contributed by atoms with Crippen molar-refractivity contribution in [3.8, 4) is 0 Å². The van der Waals surface area contributed by atoms with E-state index in [0.29, 0.717) is 0 Å². The molecule has 0 atom stereocenters. The number of aliphatic hydroxyl groups is 2. The highest BCUT2D eigenvalue weighted by atomic mass is 16.3. The van der Waals surface area contributed by atoms with Gasteiger partial charge in [-0.2, -0.15) is 0 Å². The van der Waals surface area contributed by atoms with E-state index in [1.54, 1.807) is 0 Å². The van der Waals surface area contributed by atoms with Crippen molar-refractivity contribution in [3.05, 3.63) is 29.3 Å². The van der Waals surface area contributed by atoms with Crippen LogP contribution in [0, 0.1) is 19.3 Å². The van der Waals surface area contributed by atoms with Gasteiger partial charge in [-0.3, -0.25) is 15.6 Å². The number of carbonyl (C=O) groups excluding carboxylic acids is 1. The Balaban J connectivity index is 2.68. The van der Waals surface area contributed by atoms with Gasteiger partial charge in [0.2, 0.25) is 5.91 Å². The quantitative estimate of drug-likeness (QED) is 0.583. The topological polar surface area (TPSA) is 81.6 Å². The highest BCUT2D eigenvalue weighted by molar-refractivity contribution is 5.83. The zero-order valence-electron chi connectivity index (χ0n) is 10.9. The number of hydrogen-bond donors (Lipinski definition) is 4. The van der Waals surface area contributed by atoms with Crippen molar-refractivity contribution in [2.75, 3.05) is 18.6 Å². The molecule has 0 aliphatic carbocycles. The van der Waals surface area contributed by atoms with Crippen molar-refractivity contribution < 1.29 is 15.0 Å². The number of aryl methyl sites for hydroxylation is 2. The summed E-state index contributed by atoms with van der Waals surface area (Å²) in [5.41, 5.74) is 7.02. The van der Waals surface area contributed by atoms with Crippen LogP contribution in [0.5, 0.6) is 0 Å². The normalized spacial score (nSPS) is 11.2. The molecular weight excluding hydrogens is 232 g/mol. The van der Waals surface area contributed by atoms with Gasteiger partial charge in [-0.05, 0) is 32.4 Å². The summed E-state index contributed by atoms with van der Waals surface area (Å²) in [5.74, 6) is -0.451. The van der Waals surface area contributed by atoms with Crippen LogP contribution in [0.2, 0.25) is 0 Å². The predicted molar refractivity (Wildman–Crippen MR) is 70.0 cm³/mol. The fourth-order valence-electron chi connectivity index (χ4n) is 1.42. The predicted octanol–water partition coefficient (Wildman–Crippen LogP) is 0.737. The molecule has 0 unspecified atom stereocenters. The van der Waals surface area contributed by atoms with Gasteiger partial charge >= 0.3 is 0 Å². The first-order valence-electron chi connectivity index (χ1n) is 5.78. The van der Waals surface area contributed by atoms with Gasteiger partial charge in [0, 0.05) is 0 Å². The standard InChI is InChI=1S/C13H20N2O3/c1-9-4-5-11(10(2)6-9)14-15-12(18)13(3,7-16)8-17/h4-6,14,16-17H,7-8H2,1-3H3,(H,15,18). The molecule has 0 heterocycles. The van der Waals surface area contributed by atoms with Crippen molar-refractivity contribution in [1.82, 2.24) is 5.43 Å². The SMILES string of the molecule is Cc1ccc(NNC(=O)C(C)(CO)CO)c(C)c1. The van der Waals surface area contributed by atoms with Crippen LogP contribution in [-0.2, 0) is 4.79 Å². The molecule has 1 aromatic rings. The molecule has 0 fully saturated rings. The fraction of sp³-hybridized carbons (Fsp3) is 0.462. The van der Waals surface area contributed by atoms with E-state index in [1.807, 2.05) is 32.0 Å². The molecule has 0 spiro atoms. The van der Waals surface area contributed by atoms with Gasteiger partial charge in [-0.15, -0.1) is 0 Å². The van der Waals surface area contributed by atoms with Crippen LogP contribution >= 0.6 is 0 Å². The Bertz CT molecular complexity index is 428. The van der Waals surface area contributed by atoms with Crippen molar-refractivity contribution in [2.24, 2.45) is 5.41 Å². The molecular formula is C13H20N2O3. The average Bonchev–Trinajstić information content (AvgIpc) is 2.36. The minimum Gasteiger partial charge on any atom is -0.395 e. The molecule has 100 valence electrons. The molecule has 0 aliphatic rings. The lowest BCUT2D eigenvalue weighted by Gasteiger charge is -2.24. The van der Waals surface area contributed by atoms with E-state index in [1.165, 1.54) is 6.92 Å². The van der Waals surface area contributed by atoms with Crippen molar-refractivity contribution in [2.45, 2.75) is 20.8 Å². The van der Waals surface area contributed by atoms with E-state index in [9.17, 15) is 4.79 Å². The maximum Gasteiger partial charge on any atom is 0.248 e. The number of carbonyl (C=O) groups is 1. The molecule has 0 aromatic heterocycles. The van der Waals surface area contributed by atoms with E-state index < -0.39 is 24.5 Å². The maximum atomic E-state index is 11.8. The summed E-state index contributed by atoms with van der Waals surface area (Å²) < 4.78 is 0. The summed E-state index contributed by atoms with van der Waals surface area (Å²) in [5, 5.41) is 18.2. The molecule has 1 amide bonds. The van der Waals surface area contributed by atoms with Crippen LogP contribution in [0.15, 0.2) is 18.2 Å². The number of hydrogen-bond acceptors (Lipinski definition) is 4. The summed E-state index contributed by atoms with van der Waals surface area (Å²) >= 11 is 0. The van der Waals surface area contributed by atoms with Gasteiger partial charge in [0.25, 0.3) is 0 Å². The number of benzene rings is 1. The van der Waals surface area contributed by atoms with Crippen molar-refractivity contribution in [3.63, 3.8) is 0 Å². The Labute approximate surface area is 107 Å². The van der Waals surface area contributed by atoms with Crippen LogP contribution in [0.3, 0.4) is 0 Å². The highest BCUT2D eigenvalue weighted by Gasteiger charge is 2.31. The van der Waals surface area contributed by atoms with Crippen LogP contribution in [0.25, 0.3) is 0 Å². The summed E-state index contributed by atoms with van der Waals surface area (Å²) in [6.07, 6.45) is 0. The number of hydrazine groups is 1. The summed E-state index contributed by atoms with van der Waals surface area (Å²) in [4.78, 5) is 11.8. The van der Waals surface area contributed by atoms with E-state index in [2.05, 4.69) is 10.9 Å². The summed E-state index contributed by atoms with van der Waals surface area (Å²) in [6.45, 7) is 4.59. The van der Waals surface area contributed by atoms with E-state index in [4.69, 9.17) is 10.2 Å². The first kappa shape index (κ1) is 14.5. The first-order valence-corrected chi connectivity index (χ1v) is 5.78. The van der Waals surface area contributed by atoms with Gasteiger partial charge in [-0.25, -0.2) is 0 Å². The number of anilines is 1. The summed E-state index contributed by atoms with van der Waals surface area (Å²) in [6, 6.07) is 5.78. The second-order valence-corrected chi connectivity index (χ2v) is 4.77. The second-order valence-electron chi connectivity index (χ2n) is 4.77. The second kappa shape index (κ2) is 5.84. The lowest BCUT2D eigenvalue weighted by atomic mass is 9.92. The average molecular weight is 252 g/mol. The van der Waals surface area contributed by atoms with Gasteiger partial charge in [0.15, 0.2) is 0 Å². The lowest BCUT2D eigenvalue weighted by Crippen LogP contribution is -2.46. The third kappa shape index (κ3) is 3.21. The van der Waals surface area contributed by atoms with Gasteiger partial charge in [0.05, 0.1) is 24.3 Å². The van der Waals surface area contributed by atoms with E-state index in [0.717, 1.165) is 16.8 Å². The molecule has 0 saturated carbocycles. The molecule has 0 aliphatic heterocycles. The van der Waals surface area contributed by atoms with Gasteiger partial charge in [-0.1, -0.05) is 17.7 Å². The Hall–Kier alpha value is -1.59. The molecule has 1 rings (SSSR count). The zero-order valence-corrected chi connectivity index (χ0v) is 10.9. The van der Waals surface area contributed by atoms with Crippen LogP contribution in [-0.4, -0.2) is 29.3 Å². The summed E-state index contributed by atoms with van der Waals surface area (Å²) in [7, 11) is 0. The maximum absolute atomic E-state index is 11.8. The number of amides is 1. The molecule has 0 bridgehead atoms. The smallest absolute Gasteiger partial charge is 0.248 e. The molecule has 5 heteroatoms. The highest BCUT2D eigenvalue weighted by Crippen LogP contribution is 2.17. The van der Waals surface area contributed by atoms with Crippen LogP contribution in [0.1, 0.15) is 18.1 Å². The largest absolute Gasteiger partial charge is 0.395 e. The van der Waals surface area contributed by atoms with E-state index >= 15 is 0 Å². The Morgan fingerprint density at radius 2 is 1.89 bits per heavy atom. The first-order chi connectivity index (χ1) is 8.42. The number of aliphatic hydroxyl groups excluding tert-OH is 2. The monoisotopic (exact) mass is 252 g/mol. The zero-order chi connectivity index (χ0) is 13.8. The Morgan fingerprint density at radius 1 is 1.28 bits per heavy atom. The van der Waals surface area contributed by atoms with Crippen LogP contribution < -0.4 is 10.9 Å². The van der Waals surface area contributed by atoms with Crippen LogP contribution in [0.4, 0.5) is 5.69 Å². The Kier molecular flexibility index (Phi) is 4.69. The van der Waals surface area contributed by atoms with Gasteiger partial charge < -0.3 is 10.2 Å². The van der Waals surface area contributed by atoms with Crippen molar-refractivity contribution >= 4 is 11.6 Å². The minimum absolute atomic E-state index is 0.413. The molecule has 4 N–H and O–H groups in total. The molecule has 1 aromatic carbocycles. The fourth-order valence-corrected chi connectivity index (χ4v) is 1.42. The minimum atomic E-state index is -1.19. The molecule has 5 nitrogen and oxygen atoms in total. The van der Waals surface area contributed by atoms with Gasteiger partial charge in [0.1, 0.15) is 0 Å². The molecule has 0 saturated heterocycles. The molecule has 0 radical (unpaired) electrons. The van der Waals surface area contributed by atoms with Crippen molar-refractivity contribution in [1.29, 1.82) is 0 Å². The molecule has 18 heavy (non-hydrogen) atoms. The Morgan fingerprint density at radius 3 is 2.39 bits per heavy atom. The lowest BCUT2D eigenvalue weighted by molar-refractivity contribution is -0.134. The van der Waals surface area contributed by atoms with E-state index in [-0.39, 0.29) is 0 Å². The number of rotatable bonds is 5. The third-order valence-corrected chi connectivity index (χ3v) is 2.94. The third-order valence-electron chi connectivity index (χ3n) is 2.94.